The summed E-state index contributed by atoms with van der Waals surface area (Å²) in [7, 11) is 1.62. The first-order valence-corrected chi connectivity index (χ1v) is 7.19. The Morgan fingerprint density at radius 2 is 2.17 bits per heavy atom. The Morgan fingerprint density at radius 1 is 1.33 bits per heavy atom. The summed E-state index contributed by atoms with van der Waals surface area (Å²) in [6.07, 6.45) is 1.77. The molecule has 0 aliphatic heterocycles. The second-order valence-corrected chi connectivity index (χ2v) is 5.51. The fourth-order valence-corrected chi connectivity index (χ4v) is 2.73. The number of ether oxygens (including phenoxy) is 1. The van der Waals surface area contributed by atoms with E-state index in [2.05, 4.69) is 10.2 Å². The van der Waals surface area contributed by atoms with Gasteiger partial charge in [-0.1, -0.05) is 22.9 Å². The van der Waals surface area contributed by atoms with Gasteiger partial charge in [-0.3, -0.25) is 0 Å². The van der Waals surface area contributed by atoms with Gasteiger partial charge in [0.15, 0.2) is 5.01 Å². The van der Waals surface area contributed by atoms with Crippen molar-refractivity contribution in [1.82, 2.24) is 10.2 Å². The molecule has 0 atom stereocenters. The molecule has 0 N–H and O–H groups in total. The van der Waals surface area contributed by atoms with Crippen LogP contribution in [-0.2, 0) is 6.42 Å². The smallest absolute Gasteiger partial charge is 0.151 e. The minimum absolute atomic E-state index is 0.638. The minimum Gasteiger partial charge on any atom is -0.496 e. The molecular weight excluding hydrogens is 291 g/mol. The van der Waals surface area contributed by atoms with E-state index in [1.165, 1.54) is 0 Å². The monoisotopic (exact) mass is 302 g/mol. The van der Waals surface area contributed by atoms with E-state index >= 15 is 0 Å². The summed E-state index contributed by atoms with van der Waals surface area (Å²) in [4.78, 5) is 0. The van der Waals surface area contributed by atoms with Crippen molar-refractivity contribution in [1.29, 1.82) is 0 Å². The van der Waals surface area contributed by atoms with Crippen LogP contribution in [0.1, 0.15) is 11.4 Å². The van der Waals surface area contributed by atoms with Crippen molar-refractivity contribution >= 4 is 34.5 Å². The van der Waals surface area contributed by atoms with Gasteiger partial charge >= 0.3 is 0 Å². The fraction of sp³-hybridized carbons (Fsp3) is 0.333. The van der Waals surface area contributed by atoms with Crippen LogP contribution in [0.25, 0.3) is 10.6 Å². The molecule has 0 radical (unpaired) electrons. The van der Waals surface area contributed by atoms with Crippen molar-refractivity contribution in [3.8, 4) is 16.3 Å². The Kier molecular flexibility index (Phi) is 4.80. The van der Waals surface area contributed by atoms with Crippen LogP contribution in [0.3, 0.4) is 0 Å². The highest BCUT2D eigenvalue weighted by Gasteiger charge is 2.12. The molecule has 0 aliphatic rings. The highest BCUT2D eigenvalue weighted by Crippen LogP contribution is 2.34. The lowest BCUT2D eigenvalue weighted by Crippen LogP contribution is -1.87. The van der Waals surface area contributed by atoms with Crippen LogP contribution in [0.5, 0.6) is 5.75 Å². The molecule has 6 heteroatoms. The fourth-order valence-electron chi connectivity index (χ4n) is 1.52. The predicted molar refractivity (Wildman–Crippen MR) is 75.9 cm³/mol. The van der Waals surface area contributed by atoms with Gasteiger partial charge in [-0.25, -0.2) is 0 Å². The Labute approximate surface area is 120 Å². The van der Waals surface area contributed by atoms with E-state index in [1.807, 2.05) is 12.1 Å². The molecule has 0 unspecified atom stereocenters. The largest absolute Gasteiger partial charge is 0.496 e. The van der Waals surface area contributed by atoms with Crippen LogP contribution in [-0.4, -0.2) is 23.2 Å². The number of aryl methyl sites for hydroxylation is 1. The maximum absolute atomic E-state index is 5.93. The molecule has 96 valence electrons. The van der Waals surface area contributed by atoms with Crippen molar-refractivity contribution in [2.75, 3.05) is 13.0 Å². The van der Waals surface area contributed by atoms with Crippen LogP contribution in [0.2, 0.25) is 5.02 Å². The Bertz CT molecular complexity index is 531. The first-order chi connectivity index (χ1) is 8.74. The number of halogens is 2. The van der Waals surface area contributed by atoms with Crippen LogP contribution in [0.15, 0.2) is 18.2 Å². The first kappa shape index (κ1) is 13.6. The topological polar surface area (TPSA) is 35.0 Å². The quantitative estimate of drug-likeness (QED) is 0.782. The molecule has 0 aliphatic carbocycles. The zero-order chi connectivity index (χ0) is 13.0. The summed E-state index contributed by atoms with van der Waals surface area (Å²) < 4.78 is 5.30. The Morgan fingerprint density at radius 3 is 2.89 bits per heavy atom. The summed E-state index contributed by atoms with van der Waals surface area (Å²) in [6.45, 7) is 0. The average molecular weight is 303 g/mol. The summed E-state index contributed by atoms with van der Waals surface area (Å²) in [5, 5.41) is 10.8. The van der Waals surface area contributed by atoms with E-state index in [4.69, 9.17) is 27.9 Å². The molecule has 0 saturated carbocycles. The Balaban J connectivity index is 2.28. The lowest BCUT2D eigenvalue weighted by atomic mass is 10.2. The summed E-state index contributed by atoms with van der Waals surface area (Å²) in [5.41, 5.74) is 0.913. The van der Waals surface area contributed by atoms with E-state index in [0.717, 1.165) is 28.4 Å². The van der Waals surface area contributed by atoms with Crippen LogP contribution in [0, 0.1) is 0 Å². The van der Waals surface area contributed by atoms with Crippen molar-refractivity contribution in [2.45, 2.75) is 12.8 Å². The maximum Gasteiger partial charge on any atom is 0.151 e. The molecule has 0 saturated heterocycles. The SMILES string of the molecule is COc1cc(Cl)ccc1-c1nnc(CCCCl)s1. The molecule has 2 rings (SSSR count). The second kappa shape index (κ2) is 6.36. The predicted octanol–water partition coefficient (Wildman–Crippen LogP) is 4.04. The molecule has 0 fully saturated rings. The van der Waals surface area contributed by atoms with Crippen LogP contribution < -0.4 is 4.74 Å². The van der Waals surface area contributed by atoms with Gasteiger partial charge in [0, 0.05) is 17.3 Å². The number of nitrogens with zero attached hydrogens (tertiary/aromatic N) is 2. The minimum atomic E-state index is 0.638. The molecule has 3 nitrogen and oxygen atoms in total. The number of hydrogen-bond acceptors (Lipinski definition) is 4. The third-order valence-corrected chi connectivity index (χ3v) is 3.90. The van der Waals surface area contributed by atoms with Gasteiger partial charge < -0.3 is 4.74 Å². The lowest BCUT2D eigenvalue weighted by Gasteiger charge is -2.05. The number of methoxy groups -OCH3 is 1. The van der Waals surface area contributed by atoms with E-state index in [9.17, 15) is 0 Å². The summed E-state index contributed by atoms with van der Waals surface area (Å²) in [5.74, 6) is 1.35. The molecule has 0 spiro atoms. The highest BCUT2D eigenvalue weighted by atomic mass is 35.5. The third-order valence-electron chi connectivity index (χ3n) is 2.39. The molecular formula is C12H12Cl2N2OS. The zero-order valence-electron chi connectivity index (χ0n) is 9.82. The molecule has 2 aromatic rings. The lowest BCUT2D eigenvalue weighted by molar-refractivity contribution is 0.416. The van der Waals surface area contributed by atoms with E-state index in [0.29, 0.717) is 16.7 Å². The number of hydrogen-bond donors (Lipinski definition) is 0. The van der Waals surface area contributed by atoms with Gasteiger partial charge in [-0.15, -0.1) is 21.8 Å². The molecule has 0 bridgehead atoms. The van der Waals surface area contributed by atoms with E-state index < -0.39 is 0 Å². The van der Waals surface area contributed by atoms with Gasteiger partial charge in [0.1, 0.15) is 10.8 Å². The molecule has 1 heterocycles. The normalized spacial score (nSPS) is 10.6. The Hall–Kier alpha value is -0.840. The summed E-state index contributed by atoms with van der Waals surface area (Å²) in [6, 6.07) is 5.49. The number of alkyl halides is 1. The van der Waals surface area contributed by atoms with Crippen LogP contribution in [0.4, 0.5) is 0 Å². The summed E-state index contributed by atoms with van der Waals surface area (Å²) >= 11 is 13.1. The van der Waals surface area contributed by atoms with Crippen molar-refractivity contribution < 1.29 is 4.74 Å². The van der Waals surface area contributed by atoms with Gasteiger partial charge in [-0.2, -0.15) is 0 Å². The number of aromatic nitrogens is 2. The van der Waals surface area contributed by atoms with Gasteiger partial charge in [0.2, 0.25) is 0 Å². The third kappa shape index (κ3) is 3.13. The van der Waals surface area contributed by atoms with Crippen molar-refractivity contribution in [3.05, 3.63) is 28.2 Å². The van der Waals surface area contributed by atoms with Crippen molar-refractivity contribution in [3.63, 3.8) is 0 Å². The highest BCUT2D eigenvalue weighted by molar-refractivity contribution is 7.14. The number of benzene rings is 1. The van der Waals surface area contributed by atoms with Gasteiger partial charge in [0.25, 0.3) is 0 Å². The number of rotatable bonds is 5. The van der Waals surface area contributed by atoms with Gasteiger partial charge in [-0.05, 0) is 24.6 Å². The van der Waals surface area contributed by atoms with Crippen molar-refractivity contribution in [2.24, 2.45) is 0 Å². The van der Waals surface area contributed by atoms with E-state index in [1.54, 1.807) is 24.5 Å². The van der Waals surface area contributed by atoms with E-state index in [-0.39, 0.29) is 0 Å². The average Bonchev–Trinajstić information content (AvgIpc) is 2.84. The zero-order valence-corrected chi connectivity index (χ0v) is 12.1. The molecule has 1 aromatic carbocycles. The molecule has 18 heavy (non-hydrogen) atoms. The molecule has 1 aromatic heterocycles. The molecule has 0 amide bonds. The van der Waals surface area contributed by atoms with Crippen LogP contribution >= 0.6 is 34.5 Å². The first-order valence-electron chi connectivity index (χ1n) is 5.47. The van der Waals surface area contributed by atoms with Gasteiger partial charge in [0.05, 0.1) is 12.7 Å². The maximum atomic E-state index is 5.93. The second-order valence-electron chi connectivity index (χ2n) is 3.64. The standard InChI is InChI=1S/C12H12Cl2N2OS/c1-17-10-7-8(14)4-5-9(10)12-16-15-11(18-12)3-2-6-13/h4-5,7H,2-3,6H2,1H3.